The molecule has 0 spiro atoms. The molecule has 0 saturated carbocycles. The van der Waals surface area contributed by atoms with E-state index in [0.29, 0.717) is 24.0 Å². The summed E-state index contributed by atoms with van der Waals surface area (Å²) < 4.78 is 10.9. The van der Waals surface area contributed by atoms with Crippen molar-refractivity contribution in [3.05, 3.63) is 23.8 Å². The zero-order chi connectivity index (χ0) is 14.1. The van der Waals surface area contributed by atoms with Crippen LogP contribution in [0.25, 0.3) is 0 Å². The van der Waals surface area contributed by atoms with Gasteiger partial charge in [0, 0.05) is 6.54 Å². The number of rotatable bonds is 8. The molecule has 0 aliphatic carbocycles. The Kier molecular flexibility index (Phi) is 6.76. The van der Waals surface area contributed by atoms with Gasteiger partial charge in [-0.2, -0.15) is 5.26 Å². The Morgan fingerprint density at radius 3 is 2.68 bits per heavy atom. The highest BCUT2D eigenvalue weighted by atomic mass is 16.5. The molecule has 104 valence electrons. The lowest BCUT2D eigenvalue weighted by molar-refractivity contribution is 0.298. The predicted molar refractivity (Wildman–Crippen MR) is 75.3 cm³/mol. The SMILES string of the molecule is CCOc1cc(CNCC(C)C)ccc1OCC#N. The topological polar surface area (TPSA) is 54.3 Å². The second-order valence-electron chi connectivity index (χ2n) is 4.69. The van der Waals surface area contributed by atoms with Crippen LogP contribution in [0, 0.1) is 17.2 Å². The molecular formula is C15H22N2O2. The molecule has 19 heavy (non-hydrogen) atoms. The van der Waals surface area contributed by atoms with Crippen LogP contribution in [0.2, 0.25) is 0 Å². The Bertz CT molecular complexity index is 425. The number of benzene rings is 1. The van der Waals surface area contributed by atoms with Crippen molar-refractivity contribution >= 4 is 0 Å². The van der Waals surface area contributed by atoms with Gasteiger partial charge in [0.05, 0.1) is 6.61 Å². The second kappa shape index (κ2) is 8.39. The first kappa shape index (κ1) is 15.3. The van der Waals surface area contributed by atoms with E-state index in [9.17, 15) is 0 Å². The largest absolute Gasteiger partial charge is 0.490 e. The molecule has 4 nitrogen and oxygen atoms in total. The summed E-state index contributed by atoms with van der Waals surface area (Å²) in [6.07, 6.45) is 0. The van der Waals surface area contributed by atoms with E-state index in [4.69, 9.17) is 14.7 Å². The van der Waals surface area contributed by atoms with E-state index in [-0.39, 0.29) is 6.61 Å². The van der Waals surface area contributed by atoms with Gasteiger partial charge >= 0.3 is 0 Å². The molecular weight excluding hydrogens is 240 g/mol. The highest BCUT2D eigenvalue weighted by molar-refractivity contribution is 5.43. The van der Waals surface area contributed by atoms with E-state index in [1.807, 2.05) is 31.2 Å². The molecule has 1 aromatic rings. The summed E-state index contributed by atoms with van der Waals surface area (Å²) in [7, 11) is 0. The summed E-state index contributed by atoms with van der Waals surface area (Å²) in [5, 5.41) is 11.9. The van der Waals surface area contributed by atoms with Crippen LogP contribution in [0.3, 0.4) is 0 Å². The average molecular weight is 262 g/mol. The standard InChI is InChI=1S/C15H22N2O2/c1-4-18-15-9-13(11-17-10-12(2)3)5-6-14(15)19-8-7-16/h5-6,9,12,17H,4,8,10-11H2,1-3H3. The van der Waals surface area contributed by atoms with E-state index >= 15 is 0 Å². The molecule has 0 fully saturated rings. The van der Waals surface area contributed by atoms with E-state index in [0.717, 1.165) is 18.7 Å². The number of nitriles is 1. The van der Waals surface area contributed by atoms with Crippen LogP contribution in [0.5, 0.6) is 11.5 Å². The van der Waals surface area contributed by atoms with Crippen molar-refractivity contribution < 1.29 is 9.47 Å². The van der Waals surface area contributed by atoms with Crippen molar-refractivity contribution in [3.8, 4) is 17.6 Å². The first-order valence-electron chi connectivity index (χ1n) is 6.63. The van der Waals surface area contributed by atoms with Crippen LogP contribution in [-0.2, 0) is 6.54 Å². The minimum atomic E-state index is 0.0328. The van der Waals surface area contributed by atoms with Gasteiger partial charge in [-0.05, 0) is 37.1 Å². The molecule has 4 heteroatoms. The second-order valence-corrected chi connectivity index (χ2v) is 4.69. The predicted octanol–water partition coefficient (Wildman–Crippen LogP) is 2.73. The Labute approximate surface area is 115 Å². The van der Waals surface area contributed by atoms with Crippen molar-refractivity contribution in [2.75, 3.05) is 19.8 Å². The minimum Gasteiger partial charge on any atom is -0.490 e. The molecule has 0 aliphatic rings. The summed E-state index contributed by atoms with van der Waals surface area (Å²) >= 11 is 0. The first-order chi connectivity index (χ1) is 9.17. The molecule has 0 bridgehead atoms. The maximum Gasteiger partial charge on any atom is 0.174 e. The van der Waals surface area contributed by atoms with Crippen molar-refractivity contribution in [2.24, 2.45) is 5.92 Å². The normalized spacial score (nSPS) is 10.3. The number of nitrogens with one attached hydrogen (secondary N) is 1. The van der Waals surface area contributed by atoms with Gasteiger partial charge in [-0.1, -0.05) is 19.9 Å². The van der Waals surface area contributed by atoms with Crippen molar-refractivity contribution in [1.82, 2.24) is 5.32 Å². The van der Waals surface area contributed by atoms with Crippen molar-refractivity contribution in [3.63, 3.8) is 0 Å². The third-order valence-corrected chi connectivity index (χ3v) is 2.48. The Hall–Kier alpha value is -1.73. The highest BCUT2D eigenvalue weighted by Crippen LogP contribution is 2.28. The lowest BCUT2D eigenvalue weighted by Gasteiger charge is -2.13. The van der Waals surface area contributed by atoms with Crippen LogP contribution < -0.4 is 14.8 Å². The Balaban J connectivity index is 2.69. The van der Waals surface area contributed by atoms with Gasteiger partial charge < -0.3 is 14.8 Å². The molecule has 0 aromatic heterocycles. The summed E-state index contributed by atoms with van der Waals surface area (Å²) in [5.41, 5.74) is 1.15. The molecule has 1 aromatic carbocycles. The van der Waals surface area contributed by atoms with Crippen molar-refractivity contribution in [2.45, 2.75) is 27.3 Å². The van der Waals surface area contributed by atoms with E-state index in [1.54, 1.807) is 0 Å². The monoisotopic (exact) mass is 262 g/mol. The maximum atomic E-state index is 8.55. The zero-order valence-electron chi connectivity index (χ0n) is 11.9. The fourth-order valence-corrected chi connectivity index (χ4v) is 1.67. The third-order valence-electron chi connectivity index (χ3n) is 2.48. The number of nitrogens with zero attached hydrogens (tertiary/aromatic N) is 1. The fourth-order valence-electron chi connectivity index (χ4n) is 1.67. The zero-order valence-corrected chi connectivity index (χ0v) is 11.9. The lowest BCUT2D eigenvalue weighted by Crippen LogP contribution is -2.19. The van der Waals surface area contributed by atoms with E-state index in [1.165, 1.54) is 0 Å². The van der Waals surface area contributed by atoms with Gasteiger partial charge in [-0.25, -0.2) is 0 Å². The molecule has 1 N–H and O–H groups in total. The minimum absolute atomic E-state index is 0.0328. The Morgan fingerprint density at radius 2 is 2.05 bits per heavy atom. The van der Waals surface area contributed by atoms with Gasteiger partial charge in [-0.15, -0.1) is 0 Å². The maximum absolute atomic E-state index is 8.55. The van der Waals surface area contributed by atoms with E-state index < -0.39 is 0 Å². The van der Waals surface area contributed by atoms with Gasteiger partial charge in [0.15, 0.2) is 18.1 Å². The van der Waals surface area contributed by atoms with Gasteiger partial charge in [0.1, 0.15) is 6.07 Å². The van der Waals surface area contributed by atoms with Gasteiger partial charge in [0.2, 0.25) is 0 Å². The highest BCUT2D eigenvalue weighted by Gasteiger charge is 2.06. The summed E-state index contributed by atoms with van der Waals surface area (Å²) in [6, 6.07) is 7.76. The van der Waals surface area contributed by atoms with Crippen LogP contribution in [-0.4, -0.2) is 19.8 Å². The van der Waals surface area contributed by atoms with Gasteiger partial charge in [-0.3, -0.25) is 0 Å². The first-order valence-corrected chi connectivity index (χ1v) is 6.63. The quantitative estimate of drug-likeness (QED) is 0.782. The molecule has 0 unspecified atom stereocenters. The molecule has 0 aliphatic heterocycles. The molecule has 1 rings (SSSR count). The molecule has 0 amide bonds. The van der Waals surface area contributed by atoms with Gasteiger partial charge in [0.25, 0.3) is 0 Å². The Morgan fingerprint density at radius 1 is 1.26 bits per heavy atom. The van der Waals surface area contributed by atoms with Crippen LogP contribution in [0.15, 0.2) is 18.2 Å². The van der Waals surface area contributed by atoms with Crippen LogP contribution >= 0.6 is 0 Å². The van der Waals surface area contributed by atoms with Crippen LogP contribution in [0.4, 0.5) is 0 Å². The van der Waals surface area contributed by atoms with E-state index in [2.05, 4.69) is 19.2 Å². The van der Waals surface area contributed by atoms with Crippen molar-refractivity contribution in [1.29, 1.82) is 5.26 Å². The van der Waals surface area contributed by atoms with Crippen LogP contribution in [0.1, 0.15) is 26.3 Å². The molecule has 0 radical (unpaired) electrons. The molecule has 0 atom stereocenters. The number of hydrogen-bond donors (Lipinski definition) is 1. The molecule has 0 heterocycles. The summed E-state index contributed by atoms with van der Waals surface area (Å²) in [5.74, 6) is 1.95. The third kappa shape index (κ3) is 5.62. The average Bonchev–Trinajstić information content (AvgIpc) is 2.38. The summed E-state index contributed by atoms with van der Waals surface area (Å²) in [6.45, 7) is 8.68. The summed E-state index contributed by atoms with van der Waals surface area (Å²) in [4.78, 5) is 0. The molecule has 0 saturated heterocycles. The number of hydrogen-bond acceptors (Lipinski definition) is 4. The lowest BCUT2D eigenvalue weighted by atomic mass is 10.2. The number of ether oxygens (including phenoxy) is 2. The fraction of sp³-hybridized carbons (Fsp3) is 0.533. The smallest absolute Gasteiger partial charge is 0.174 e.